The average molecular weight is 348 g/mol. The summed E-state index contributed by atoms with van der Waals surface area (Å²) < 4.78 is 0. The maximum atomic E-state index is 5.42. The first-order valence-corrected chi connectivity index (χ1v) is 8.93. The zero-order chi connectivity index (χ0) is 17.5. The summed E-state index contributed by atoms with van der Waals surface area (Å²) in [6.45, 7) is 4.61. The Kier molecular flexibility index (Phi) is 5.86. The Morgan fingerprint density at radius 2 is 1.64 bits per heavy atom. The third-order valence-corrected chi connectivity index (χ3v) is 4.70. The van der Waals surface area contributed by atoms with E-state index in [2.05, 4.69) is 60.4 Å². The van der Waals surface area contributed by atoms with Gasteiger partial charge in [0.25, 0.3) is 0 Å². The lowest BCUT2D eigenvalue weighted by Gasteiger charge is -2.05. The van der Waals surface area contributed by atoms with Crippen LogP contribution in [-0.2, 0) is 11.4 Å². The molecular weight excluding hydrogens is 328 g/mol. The van der Waals surface area contributed by atoms with Gasteiger partial charge in [-0.15, -0.1) is 0 Å². The van der Waals surface area contributed by atoms with E-state index in [1.54, 1.807) is 24.2 Å². The number of pyridine rings is 1. The molecule has 0 atom stereocenters. The number of hydrogen-bond acceptors (Lipinski definition) is 4. The van der Waals surface area contributed by atoms with Crippen molar-refractivity contribution in [3.05, 3.63) is 89.1 Å². The molecule has 0 saturated heterocycles. The van der Waals surface area contributed by atoms with Gasteiger partial charge in [0, 0.05) is 16.7 Å². The molecule has 0 spiro atoms. The molecule has 126 valence electrons. The van der Waals surface area contributed by atoms with Crippen molar-refractivity contribution in [2.75, 3.05) is 0 Å². The lowest BCUT2D eigenvalue weighted by atomic mass is 10.2. The van der Waals surface area contributed by atoms with Crippen LogP contribution in [0.5, 0.6) is 0 Å². The minimum Gasteiger partial charge on any atom is -0.391 e. The summed E-state index contributed by atoms with van der Waals surface area (Å²) in [5, 5.41) is 5.01. The van der Waals surface area contributed by atoms with Crippen molar-refractivity contribution < 1.29 is 4.84 Å². The van der Waals surface area contributed by atoms with Gasteiger partial charge in [-0.1, -0.05) is 64.4 Å². The third-order valence-electron chi connectivity index (χ3n) is 3.65. The maximum Gasteiger partial charge on any atom is 0.142 e. The summed E-state index contributed by atoms with van der Waals surface area (Å²) in [4.78, 5) is 11.0. The highest BCUT2D eigenvalue weighted by Crippen LogP contribution is 2.28. The molecule has 0 N–H and O–H groups in total. The number of aryl methyl sites for hydroxylation is 2. The van der Waals surface area contributed by atoms with E-state index < -0.39 is 0 Å². The molecular formula is C21H20N2OS. The summed E-state index contributed by atoms with van der Waals surface area (Å²) in [5.41, 5.74) is 4.53. The van der Waals surface area contributed by atoms with Gasteiger partial charge in [-0.05, 0) is 43.7 Å². The van der Waals surface area contributed by atoms with E-state index >= 15 is 0 Å². The molecule has 3 aromatic rings. The topological polar surface area (TPSA) is 34.5 Å². The number of rotatable bonds is 6. The van der Waals surface area contributed by atoms with Crippen molar-refractivity contribution in [1.82, 2.24) is 4.98 Å². The second kappa shape index (κ2) is 8.49. The standard InChI is InChI=1S/C21H20N2OS/c1-16-5-9-18(10-6-16)15-24-23-14-19-4-3-13-22-21(19)25-20-11-7-17(2)8-12-20/h3-14H,15H2,1-2H3/b23-14+. The maximum absolute atomic E-state index is 5.42. The van der Waals surface area contributed by atoms with E-state index in [1.165, 1.54) is 11.1 Å². The van der Waals surface area contributed by atoms with Gasteiger partial charge in [-0.3, -0.25) is 0 Å². The zero-order valence-electron chi connectivity index (χ0n) is 14.3. The fourth-order valence-corrected chi connectivity index (χ4v) is 3.04. The minimum atomic E-state index is 0.456. The number of nitrogens with zero attached hydrogens (tertiary/aromatic N) is 2. The van der Waals surface area contributed by atoms with Crippen LogP contribution in [0.2, 0.25) is 0 Å². The first kappa shape index (κ1) is 17.2. The molecule has 25 heavy (non-hydrogen) atoms. The van der Waals surface area contributed by atoms with Gasteiger partial charge >= 0.3 is 0 Å². The van der Waals surface area contributed by atoms with Crippen molar-refractivity contribution in [1.29, 1.82) is 0 Å². The van der Waals surface area contributed by atoms with Crippen molar-refractivity contribution in [2.24, 2.45) is 5.16 Å². The Labute approximate surface area is 152 Å². The van der Waals surface area contributed by atoms with Crippen LogP contribution >= 0.6 is 11.8 Å². The van der Waals surface area contributed by atoms with Crippen LogP contribution in [0.3, 0.4) is 0 Å². The van der Waals surface area contributed by atoms with Gasteiger partial charge in [-0.25, -0.2) is 4.98 Å². The summed E-state index contributed by atoms with van der Waals surface area (Å²) in [6, 6.07) is 20.5. The van der Waals surface area contributed by atoms with Crippen LogP contribution in [-0.4, -0.2) is 11.2 Å². The molecule has 0 fully saturated rings. The average Bonchev–Trinajstić information content (AvgIpc) is 2.63. The SMILES string of the molecule is Cc1ccc(CO/N=C/c2cccnc2Sc2ccc(C)cc2)cc1. The molecule has 3 rings (SSSR count). The van der Waals surface area contributed by atoms with E-state index in [1.807, 2.05) is 24.3 Å². The van der Waals surface area contributed by atoms with E-state index in [0.717, 1.165) is 21.0 Å². The van der Waals surface area contributed by atoms with Gasteiger partial charge < -0.3 is 4.84 Å². The van der Waals surface area contributed by atoms with E-state index in [9.17, 15) is 0 Å². The van der Waals surface area contributed by atoms with Crippen LogP contribution in [0.4, 0.5) is 0 Å². The number of benzene rings is 2. The Bertz CT molecular complexity index is 843. The lowest BCUT2D eigenvalue weighted by molar-refractivity contribution is 0.132. The summed E-state index contributed by atoms with van der Waals surface area (Å²) in [7, 11) is 0. The molecule has 0 amide bonds. The largest absolute Gasteiger partial charge is 0.391 e. The lowest BCUT2D eigenvalue weighted by Crippen LogP contribution is -1.92. The Hall–Kier alpha value is -2.59. The monoisotopic (exact) mass is 348 g/mol. The molecule has 0 radical (unpaired) electrons. The fourth-order valence-electron chi connectivity index (χ4n) is 2.19. The first-order chi connectivity index (χ1) is 12.2. The highest BCUT2D eigenvalue weighted by atomic mass is 32.2. The van der Waals surface area contributed by atoms with Gasteiger partial charge in [0.2, 0.25) is 0 Å². The predicted octanol–water partition coefficient (Wildman–Crippen LogP) is 5.40. The van der Waals surface area contributed by atoms with Gasteiger partial charge in [-0.2, -0.15) is 0 Å². The van der Waals surface area contributed by atoms with Crippen molar-refractivity contribution in [3.8, 4) is 0 Å². The summed E-state index contributed by atoms with van der Waals surface area (Å²) in [6.07, 6.45) is 3.51. The fraction of sp³-hybridized carbons (Fsp3) is 0.143. The molecule has 3 nitrogen and oxygen atoms in total. The van der Waals surface area contributed by atoms with Crippen LogP contribution in [0.25, 0.3) is 0 Å². The van der Waals surface area contributed by atoms with Crippen molar-refractivity contribution >= 4 is 18.0 Å². The molecule has 0 saturated carbocycles. The summed E-state index contributed by atoms with van der Waals surface area (Å²) in [5.74, 6) is 0. The van der Waals surface area contributed by atoms with E-state index in [-0.39, 0.29) is 0 Å². The molecule has 0 aliphatic heterocycles. The molecule has 0 aliphatic carbocycles. The van der Waals surface area contributed by atoms with Crippen LogP contribution in [0.1, 0.15) is 22.3 Å². The molecule has 1 heterocycles. The van der Waals surface area contributed by atoms with Gasteiger partial charge in [0.05, 0.1) is 6.21 Å². The Morgan fingerprint density at radius 3 is 2.36 bits per heavy atom. The van der Waals surface area contributed by atoms with E-state index in [0.29, 0.717) is 6.61 Å². The number of aromatic nitrogens is 1. The predicted molar refractivity (Wildman–Crippen MR) is 103 cm³/mol. The number of oxime groups is 1. The van der Waals surface area contributed by atoms with E-state index in [4.69, 9.17) is 4.84 Å². The smallest absolute Gasteiger partial charge is 0.142 e. The van der Waals surface area contributed by atoms with Crippen LogP contribution in [0, 0.1) is 13.8 Å². The van der Waals surface area contributed by atoms with Gasteiger partial charge in [0.15, 0.2) is 0 Å². The highest BCUT2D eigenvalue weighted by molar-refractivity contribution is 7.99. The van der Waals surface area contributed by atoms with Crippen molar-refractivity contribution in [2.45, 2.75) is 30.4 Å². The third kappa shape index (κ3) is 5.19. The Balaban J connectivity index is 1.63. The molecule has 2 aromatic carbocycles. The summed E-state index contributed by atoms with van der Waals surface area (Å²) >= 11 is 1.62. The molecule has 0 aliphatic rings. The van der Waals surface area contributed by atoms with Gasteiger partial charge in [0.1, 0.15) is 11.6 Å². The number of hydrogen-bond donors (Lipinski definition) is 0. The van der Waals surface area contributed by atoms with Crippen LogP contribution in [0.15, 0.2) is 81.9 Å². The van der Waals surface area contributed by atoms with Crippen LogP contribution < -0.4 is 0 Å². The second-order valence-electron chi connectivity index (χ2n) is 5.81. The quantitative estimate of drug-likeness (QED) is 0.442. The second-order valence-corrected chi connectivity index (χ2v) is 6.87. The molecule has 0 unspecified atom stereocenters. The zero-order valence-corrected chi connectivity index (χ0v) is 15.2. The molecule has 1 aromatic heterocycles. The molecule has 4 heteroatoms. The minimum absolute atomic E-state index is 0.456. The van der Waals surface area contributed by atoms with Crippen molar-refractivity contribution in [3.63, 3.8) is 0 Å². The normalized spacial score (nSPS) is 11.0. The molecule has 0 bridgehead atoms. The Morgan fingerprint density at radius 1 is 0.960 bits per heavy atom. The highest BCUT2D eigenvalue weighted by Gasteiger charge is 2.04. The first-order valence-electron chi connectivity index (χ1n) is 8.11.